The Hall–Kier alpha value is -3.41. The lowest BCUT2D eigenvalue weighted by atomic mass is 9.92. The molecule has 6 nitrogen and oxygen atoms in total. The maximum Gasteiger partial charge on any atom is 0.235 e. The molecule has 0 unspecified atom stereocenters. The van der Waals surface area contributed by atoms with Crippen molar-refractivity contribution in [2.24, 2.45) is 0 Å². The third-order valence-corrected chi connectivity index (χ3v) is 6.02. The van der Waals surface area contributed by atoms with E-state index < -0.39 is 0 Å². The first-order chi connectivity index (χ1) is 14.7. The zero-order chi connectivity index (χ0) is 20.5. The highest BCUT2D eigenvalue weighted by atomic mass is 16.3. The van der Waals surface area contributed by atoms with Gasteiger partial charge in [-0.2, -0.15) is 0 Å². The Morgan fingerprint density at radius 1 is 1.10 bits per heavy atom. The van der Waals surface area contributed by atoms with Crippen molar-refractivity contribution in [3.8, 4) is 22.8 Å². The Morgan fingerprint density at radius 2 is 2.00 bits per heavy atom. The number of rotatable bonds is 6. The molecule has 3 heterocycles. The Balaban J connectivity index is 1.61. The molecule has 0 saturated carbocycles. The Bertz CT molecular complexity index is 1200. The maximum absolute atomic E-state index is 11.0. The molecule has 0 radical (unpaired) electrons. The van der Waals surface area contributed by atoms with Crippen molar-refractivity contribution in [1.82, 2.24) is 19.1 Å². The monoisotopic (exact) mass is 402 g/mol. The van der Waals surface area contributed by atoms with Crippen LogP contribution in [-0.4, -0.2) is 29.3 Å². The van der Waals surface area contributed by atoms with Gasteiger partial charge in [-0.1, -0.05) is 24.3 Å². The van der Waals surface area contributed by atoms with E-state index in [1.165, 1.54) is 12.0 Å². The molecule has 1 aliphatic carbocycles. The highest BCUT2D eigenvalue weighted by Gasteiger charge is 2.27. The van der Waals surface area contributed by atoms with Crippen LogP contribution in [0.2, 0.25) is 0 Å². The summed E-state index contributed by atoms with van der Waals surface area (Å²) in [6.07, 6.45) is 14.8. The summed E-state index contributed by atoms with van der Waals surface area (Å²) in [6.45, 7) is 1.42. The van der Waals surface area contributed by atoms with E-state index >= 15 is 0 Å². The predicted molar refractivity (Wildman–Crippen MR) is 118 cm³/mol. The van der Waals surface area contributed by atoms with Crippen LogP contribution in [0, 0.1) is 0 Å². The number of imidazole rings is 1. The van der Waals surface area contributed by atoms with Gasteiger partial charge in [-0.05, 0) is 43.7 Å². The van der Waals surface area contributed by atoms with Gasteiger partial charge in [0.1, 0.15) is 0 Å². The molecule has 1 aliphatic rings. The van der Waals surface area contributed by atoms with Gasteiger partial charge in [0, 0.05) is 48.1 Å². The van der Waals surface area contributed by atoms with Crippen LogP contribution in [0.1, 0.15) is 37.8 Å². The van der Waals surface area contributed by atoms with Crippen LogP contribution in [0.15, 0.2) is 55.3 Å². The number of nitrogens with zero attached hydrogens (tertiary/aromatic N) is 3. The van der Waals surface area contributed by atoms with Crippen molar-refractivity contribution in [3.63, 3.8) is 0 Å². The number of allylic oxidation sites excluding steroid dienone is 2. The summed E-state index contributed by atoms with van der Waals surface area (Å²) in [4.78, 5) is 7.39. The average Bonchev–Trinajstić information content (AvgIpc) is 3.50. The number of hydrogen-bond donors (Lipinski definition) is 3. The molecule has 0 atom stereocenters. The standard InChI is InChI=1S/C24H26N4O2/c29-23-21(19-15-26-20-10-5-4-9-18(19)20)22(17-7-2-1-3-8-17)28(24(23)30)13-6-12-27-14-11-25-16-27/h4-5,7,9-11,14-16,26,29-30H,1-3,6,8,12-13H2. The van der Waals surface area contributed by atoms with Crippen LogP contribution in [0.3, 0.4) is 0 Å². The molecule has 1 aromatic carbocycles. The fourth-order valence-electron chi connectivity index (χ4n) is 4.56. The summed E-state index contributed by atoms with van der Waals surface area (Å²) in [7, 11) is 0. The van der Waals surface area contributed by atoms with Crippen molar-refractivity contribution in [2.45, 2.75) is 45.2 Å². The van der Waals surface area contributed by atoms with Crippen LogP contribution >= 0.6 is 0 Å². The molecular weight excluding hydrogens is 376 g/mol. The van der Waals surface area contributed by atoms with E-state index in [-0.39, 0.29) is 11.6 Å². The van der Waals surface area contributed by atoms with Gasteiger partial charge < -0.3 is 24.3 Å². The van der Waals surface area contributed by atoms with E-state index in [0.29, 0.717) is 6.54 Å². The first kappa shape index (κ1) is 18.6. The number of H-pyrrole nitrogens is 1. The van der Waals surface area contributed by atoms with Gasteiger partial charge in [-0.25, -0.2) is 4.98 Å². The first-order valence-corrected chi connectivity index (χ1v) is 10.6. The van der Waals surface area contributed by atoms with Crippen molar-refractivity contribution in [1.29, 1.82) is 0 Å². The molecule has 0 saturated heterocycles. The number of aromatic nitrogens is 4. The summed E-state index contributed by atoms with van der Waals surface area (Å²) >= 11 is 0. The van der Waals surface area contributed by atoms with Crippen LogP contribution in [0.5, 0.6) is 11.6 Å². The lowest BCUT2D eigenvalue weighted by molar-refractivity contribution is 0.367. The van der Waals surface area contributed by atoms with E-state index in [1.54, 1.807) is 12.5 Å². The van der Waals surface area contributed by atoms with E-state index in [1.807, 2.05) is 45.8 Å². The fourth-order valence-corrected chi connectivity index (χ4v) is 4.56. The summed E-state index contributed by atoms with van der Waals surface area (Å²) in [5.74, 6) is -0.0914. The third kappa shape index (κ3) is 3.18. The van der Waals surface area contributed by atoms with E-state index in [4.69, 9.17) is 0 Å². The second-order valence-corrected chi connectivity index (χ2v) is 7.92. The highest BCUT2D eigenvalue weighted by molar-refractivity contribution is 6.00. The second-order valence-electron chi connectivity index (χ2n) is 7.92. The third-order valence-electron chi connectivity index (χ3n) is 6.02. The van der Waals surface area contributed by atoms with Crippen molar-refractivity contribution in [3.05, 3.63) is 61.0 Å². The van der Waals surface area contributed by atoms with Crippen LogP contribution in [0.4, 0.5) is 0 Å². The predicted octanol–water partition coefficient (Wildman–Crippen LogP) is 5.29. The van der Waals surface area contributed by atoms with Crippen molar-refractivity contribution < 1.29 is 10.2 Å². The van der Waals surface area contributed by atoms with Gasteiger partial charge in [0.15, 0.2) is 5.75 Å². The van der Waals surface area contributed by atoms with Gasteiger partial charge in [0.25, 0.3) is 0 Å². The number of nitrogens with one attached hydrogen (secondary N) is 1. The molecule has 5 rings (SSSR count). The quantitative estimate of drug-likeness (QED) is 0.410. The topological polar surface area (TPSA) is 79.0 Å². The Labute approximate surface area is 175 Å². The Kier molecular flexibility index (Phi) is 4.83. The van der Waals surface area contributed by atoms with Gasteiger partial charge in [-0.3, -0.25) is 0 Å². The smallest absolute Gasteiger partial charge is 0.235 e. The van der Waals surface area contributed by atoms with Gasteiger partial charge in [-0.15, -0.1) is 0 Å². The van der Waals surface area contributed by atoms with Crippen molar-refractivity contribution in [2.75, 3.05) is 0 Å². The number of aryl methyl sites for hydroxylation is 1. The molecule has 3 aromatic heterocycles. The zero-order valence-electron chi connectivity index (χ0n) is 16.9. The molecule has 3 N–H and O–H groups in total. The van der Waals surface area contributed by atoms with E-state index in [0.717, 1.165) is 60.0 Å². The lowest BCUT2D eigenvalue weighted by Crippen LogP contribution is -2.07. The van der Waals surface area contributed by atoms with Crippen LogP contribution in [0.25, 0.3) is 27.6 Å². The second kappa shape index (κ2) is 7.78. The number of benzene rings is 1. The molecule has 0 fully saturated rings. The molecule has 4 aromatic rings. The minimum Gasteiger partial charge on any atom is -0.503 e. The molecular formula is C24H26N4O2. The number of aromatic hydroxyl groups is 2. The molecule has 30 heavy (non-hydrogen) atoms. The minimum atomic E-state index is -0.0533. The highest BCUT2D eigenvalue weighted by Crippen LogP contribution is 2.48. The first-order valence-electron chi connectivity index (χ1n) is 10.6. The zero-order valence-corrected chi connectivity index (χ0v) is 16.9. The summed E-state index contributed by atoms with van der Waals surface area (Å²) in [5.41, 5.74) is 4.82. The van der Waals surface area contributed by atoms with Crippen molar-refractivity contribution >= 4 is 16.5 Å². The number of aromatic amines is 1. The normalized spacial score (nSPS) is 14.3. The fraction of sp³-hybridized carbons (Fsp3) is 0.292. The van der Waals surface area contributed by atoms with Gasteiger partial charge in [0.2, 0.25) is 5.88 Å². The SMILES string of the molecule is Oc1c(-c2c[nH]c3ccccc23)c(C2=CCCCC2)n(CCCn2ccnc2)c1O. The maximum atomic E-state index is 11.0. The number of hydrogen-bond acceptors (Lipinski definition) is 3. The van der Waals surface area contributed by atoms with Gasteiger partial charge >= 0.3 is 0 Å². The van der Waals surface area contributed by atoms with Gasteiger partial charge in [0.05, 0.1) is 17.6 Å². The molecule has 0 bridgehead atoms. The molecule has 0 aliphatic heterocycles. The minimum absolute atomic E-state index is 0.0381. The van der Waals surface area contributed by atoms with E-state index in [9.17, 15) is 10.2 Å². The molecule has 154 valence electrons. The molecule has 0 spiro atoms. The largest absolute Gasteiger partial charge is 0.503 e. The lowest BCUT2D eigenvalue weighted by Gasteiger charge is -2.18. The number of para-hydroxylation sites is 1. The van der Waals surface area contributed by atoms with Crippen LogP contribution < -0.4 is 0 Å². The molecule has 6 heteroatoms. The van der Waals surface area contributed by atoms with Crippen LogP contribution in [-0.2, 0) is 13.1 Å². The number of fused-ring (bicyclic) bond motifs is 1. The summed E-state index contributed by atoms with van der Waals surface area (Å²) in [5, 5.41) is 23.0. The summed E-state index contributed by atoms with van der Waals surface area (Å²) in [6, 6.07) is 8.06. The average molecular weight is 402 g/mol. The molecule has 0 amide bonds. The van der Waals surface area contributed by atoms with E-state index in [2.05, 4.69) is 16.0 Å². The summed E-state index contributed by atoms with van der Waals surface area (Å²) < 4.78 is 3.92. The Morgan fingerprint density at radius 3 is 2.80 bits per heavy atom.